The number of hydrogen-bond donors (Lipinski definition) is 2. The van der Waals surface area contributed by atoms with Crippen LogP contribution in [-0.2, 0) is 0 Å². The van der Waals surface area contributed by atoms with E-state index in [2.05, 4.69) is 55.7 Å². The Kier molecular flexibility index (Phi) is 7.05. The first-order chi connectivity index (χ1) is 15.5. The molecule has 0 aromatic carbocycles. The van der Waals surface area contributed by atoms with Crippen molar-refractivity contribution in [2.24, 2.45) is 0 Å². The molecular formula is C25H35N7. The average Bonchev–Trinajstić information content (AvgIpc) is 3.41. The van der Waals surface area contributed by atoms with Gasteiger partial charge in [0.15, 0.2) is 0 Å². The fourth-order valence-electron chi connectivity index (χ4n) is 4.51. The van der Waals surface area contributed by atoms with Crippen molar-refractivity contribution in [3.05, 3.63) is 48.4 Å². The van der Waals surface area contributed by atoms with Gasteiger partial charge in [-0.25, -0.2) is 9.97 Å². The first-order valence-corrected chi connectivity index (χ1v) is 11.7. The summed E-state index contributed by atoms with van der Waals surface area (Å²) in [6, 6.07) is 6.88. The van der Waals surface area contributed by atoms with Gasteiger partial charge in [0, 0.05) is 49.5 Å². The van der Waals surface area contributed by atoms with Crippen LogP contribution in [0.4, 0.5) is 17.5 Å². The molecule has 32 heavy (non-hydrogen) atoms. The van der Waals surface area contributed by atoms with Crippen molar-refractivity contribution in [3.8, 4) is 0 Å². The number of allylic oxidation sites excluding steroid dienone is 1. The molecule has 1 aliphatic heterocycles. The number of aromatic nitrogens is 4. The van der Waals surface area contributed by atoms with Crippen LogP contribution in [0.1, 0.15) is 51.3 Å². The second-order valence-electron chi connectivity index (χ2n) is 9.04. The highest BCUT2D eigenvalue weighted by atomic mass is 15.2. The zero-order chi connectivity index (χ0) is 22.5. The van der Waals surface area contributed by atoms with Crippen molar-refractivity contribution in [2.45, 2.75) is 52.5 Å². The Bertz CT molecular complexity index is 1040. The molecule has 1 saturated carbocycles. The summed E-state index contributed by atoms with van der Waals surface area (Å²) < 4.78 is 2.40. The van der Waals surface area contributed by atoms with E-state index < -0.39 is 0 Å². The van der Waals surface area contributed by atoms with Crippen LogP contribution < -0.4 is 15.5 Å². The molecule has 170 valence electrons. The van der Waals surface area contributed by atoms with Crippen LogP contribution >= 0.6 is 0 Å². The number of nitrogens with one attached hydrogen (secondary N) is 2. The van der Waals surface area contributed by atoms with Gasteiger partial charge in [0.25, 0.3) is 0 Å². The van der Waals surface area contributed by atoms with Crippen LogP contribution in [0.2, 0.25) is 0 Å². The molecule has 2 aliphatic rings. The van der Waals surface area contributed by atoms with Crippen LogP contribution in [0.3, 0.4) is 0 Å². The molecule has 0 radical (unpaired) electrons. The third-order valence-corrected chi connectivity index (χ3v) is 5.93. The van der Waals surface area contributed by atoms with Crippen LogP contribution in [-0.4, -0.2) is 45.7 Å². The summed E-state index contributed by atoms with van der Waals surface area (Å²) in [7, 11) is 0. The van der Waals surface area contributed by atoms with Crippen LogP contribution in [0.25, 0.3) is 11.0 Å². The Hall–Kier alpha value is -2.93. The van der Waals surface area contributed by atoms with E-state index in [1.807, 2.05) is 32.3 Å². The highest BCUT2D eigenvalue weighted by Crippen LogP contribution is 2.34. The fraction of sp³-hybridized carbons (Fsp3) is 0.480. The lowest BCUT2D eigenvalue weighted by atomic mass is 10.2. The van der Waals surface area contributed by atoms with Crippen molar-refractivity contribution in [3.63, 3.8) is 0 Å². The molecule has 3 aromatic rings. The number of pyridine rings is 1. The molecule has 2 fully saturated rings. The quantitative estimate of drug-likeness (QED) is 0.565. The van der Waals surface area contributed by atoms with Crippen molar-refractivity contribution in [1.82, 2.24) is 24.8 Å². The average molecular weight is 434 g/mol. The maximum atomic E-state index is 4.83. The first kappa shape index (κ1) is 22.3. The lowest BCUT2D eigenvalue weighted by molar-refractivity contribution is 0.522. The lowest BCUT2D eigenvalue weighted by Crippen LogP contribution is -2.43. The van der Waals surface area contributed by atoms with Gasteiger partial charge in [-0.2, -0.15) is 4.98 Å². The van der Waals surface area contributed by atoms with Gasteiger partial charge in [-0.3, -0.25) is 0 Å². The Morgan fingerprint density at radius 1 is 1.09 bits per heavy atom. The molecule has 0 bridgehead atoms. The van der Waals surface area contributed by atoms with Gasteiger partial charge in [0.05, 0.1) is 11.9 Å². The third-order valence-electron chi connectivity index (χ3n) is 5.93. The summed E-state index contributed by atoms with van der Waals surface area (Å²) in [5.41, 5.74) is 4.63. The van der Waals surface area contributed by atoms with Gasteiger partial charge < -0.3 is 20.1 Å². The smallest absolute Gasteiger partial charge is 0.230 e. The van der Waals surface area contributed by atoms with E-state index in [1.165, 1.54) is 37.0 Å². The maximum absolute atomic E-state index is 4.83. The number of fused-ring (bicyclic) bond motifs is 1. The number of nitrogens with zero attached hydrogens (tertiary/aromatic N) is 5. The topological polar surface area (TPSA) is 70.9 Å². The summed E-state index contributed by atoms with van der Waals surface area (Å²) in [5, 5.41) is 7.76. The highest BCUT2D eigenvalue weighted by molar-refractivity contribution is 5.78. The summed E-state index contributed by atoms with van der Waals surface area (Å²) >= 11 is 0. The Morgan fingerprint density at radius 2 is 1.81 bits per heavy atom. The van der Waals surface area contributed by atoms with Crippen LogP contribution in [0, 0.1) is 6.92 Å². The summed E-state index contributed by atoms with van der Waals surface area (Å²) in [6.07, 6.45) is 8.95. The van der Waals surface area contributed by atoms with Gasteiger partial charge in [-0.15, -0.1) is 6.58 Å². The molecule has 5 rings (SSSR count). The molecule has 4 heterocycles. The third kappa shape index (κ3) is 5.27. The van der Waals surface area contributed by atoms with Crippen molar-refractivity contribution < 1.29 is 0 Å². The van der Waals surface area contributed by atoms with E-state index in [9.17, 15) is 0 Å². The second-order valence-corrected chi connectivity index (χ2v) is 9.04. The zero-order valence-corrected chi connectivity index (χ0v) is 19.6. The molecule has 3 aromatic heterocycles. The minimum absolute atomic E-state index is 0.566. The SMILES string of the molecule is C=C(C)C.Cc1cc2cnc(Nc3ccc(N4CCNCC4)cn3)nc2n1C1CCCC1. The van der Waals surface area contributed by atoms with E-state index in [0.717, 1.165) is 48.7 Å². The minimum atomic E-state index is 0.566. The summed E-state index contributed by atoms with van der Waals surface area (Å²) in [4.78, 5) is 16.3. The lowest BCUT2D eigenvalue weighted by Gasteiger charge is -2.29. The van der Waals surface area contributed by atoms with E-state index in [4.69, 9.17) is 4.98 Å². The normalized spacial score (nSPS) is 16.7. The van der Waals surface area contributed by atoms with E-state index in [0.29, 0.717) is 12.0 Å². The van der Waals surface area contributed by atoms with Crippen molar-refractivity contribution >= 4 is 28.5 Å². The number of anilines is 3. The van der Waals surface area contributed by atoms with Crippen molar-refractivity contribution in [2.75, 3.05) is 36.4 Å². The molecule has 1 saturated heterocycles. The summed E-state index contributed by atoms with van der Waals surface area (Å²) in [5.74, 6) is 1.38. The number of hydrogen-bond acceptors (Lipinski definition) is 6. The molecule has 0 spiro atoms. The van der Waals surface area contributed by atoms with Gasteiger partial charge in [-0.1, -0.05) is 18.4 Å². The van der Waals surface area contributed by atoms with E-state index in [1.54, 1.807) is 0 Å². The predicted octanol–water partition coefficient (Wildman–Crippen LogP) is 4.99. The monoisotopic (exact) mass is 433 g/mol. The number of rotatable bonds is 4. The van der Waals surface area contributed by atoms with Crippen LogP contribution in [0.5, 0.6) is 0 Å². The zero-order valence-electron chi connectivity index (χ0n) is 19.6. The second kappa shape index (κ2) is 10.1. The Labute approximate surface area is 191 Å². The van der Waals surface area contributed by atoms with Crippen LogP contribution in [0.15, 0.2) is 42.7 Å². The molecular weight excluding hydrogens is 398 g/mol. The largest absolute Gasteiger partial charge is 0.368 e. The minimum Gasteiger partial charge on any atom is -0.368 e. The van der Waals surface area contributed by atoms with Gasteiger partial charge in [0.2, 0.25) is 5.95 Å². The summed E-state index contributed by atoms with van der Waals surface area (Å²) in [6.45, 7) is 13.8. The molecule has 1 aliphatic carbocycles. The molecule has 0 atom stereocenters. The Balaban J connectivity index is 0.000000567. The van der Waals surface area contributed by atoms with E-state index in [-0.39, 0.29) is 0 Å². The van der Waals surface area contributed by atoms with E-state index >= 15 is 0 Å². The van der Waals surface area contributed by atoms with Gasteiger partial charge >= 0.3 is 0 Å². The standard InChI is InChI=1S/C21H27N7.C4H8/c1-15-12-16-13-24-21(26-20(16)28(15)17-4-2-3-5-17)25-19-7-6-18(14-23-19)27-10-8-22-9-11-27;1-4(2)3/h6-7,12-14,17,22H,2-5,8-11H2,1H3,(H,23,24,25,26);1H2,2-3H3. The fourth-order valence-corrected chi connectivity index (χ4v) is 4.51. The molecule has 0 unspecified atom stereocenters. The number of piperazine rings is 1. The molecule has 7 nitrogen and oxygen atoms in total. The number of aryl methyl sites for hydroxylation is 1. The predicted molar refractivity (Wildman–Crippen MR) is 133 cm³/mol. The molecule has 0 amide bonds. The molecule has 2 N–H and O–H groups in total. The Morgan fingerprint density at radius 3 is 2.47 bits per heavy atom. The van der Waals surface area contributed by atoms with Gasteiger partial charge in [-0.05, 0) is 51.8 Å². The maximum Gasteiger partial charge on any atom is 0.230 e. The highest BCUT2D eigenvalue weighted by Gasteiger charge is 2.21. The molecule has 7 heteroatoms. The van der Waals surface area contributed by atoms with Gasteiger partial charge in [0.1, 0.15) is 11.5 Å². The van der Waals surface area contributed by atoms with Crippen molar-refractivity contribution in [1.29, 1.82) is 0 Å². The first-order valence-electron chi connectivity index (χ1n) is 11.7.